The molecule has 4 aromatic rings. The number of hydrogen-bond acceptors (Lipinski definition) is 17. The first-order valence-electron chi connectivity index (χ1n) is 25.5. The summed E-state index contributed by atoms with van der Waals surface area (Å²) >= 11 is 0. The average Bonchev–Trinajstić information content (AvgIpc) is 4.01. The van der Waals surface area contributed by atoms with Crippen molar-refractivity contribution < 1.29 is 71.5 Å². The second-order valence-corrected chi connectivity index (χ2v) is 18.6. The van der Waals surface area contributed by atoms with Crippen LogP contribution in [-0.2, 0) is 93.8 Å². The first-order chi connectivity index (χ1) is 37.6. The number of benzene rings is 2. The van der Waals surface area contributed by atoms with Crippen LogP contribution in [0.1, 0.15) is 47.6 Å². The van der Waals surface area contributed by atoms with Crippen molar-refractivity contribution in [2.75, 3.05) is 97.4 Å². The zero-order valence-corrected chi connectivity index (χ0v) is 42.8. The largest absolute Gasteiger partial charge is 0.458 e. The Labute approximate surface area is 445 Å². The number of carbonyl (C=O) groups excluding carboxylic acids is 8. The minimum Gasteiger partial charge on any atom is -0.458 e. The molecular weight excluding hydrogens is 1020 g/mol. The van der Waals surface area contributed by atoms with Crippen molar-refractivity contribution in [1.29, 1.82) is 0 Å². The number of esters is 1. The van der Waals surface area contributed by atoms with Gasteiger partial charge in [-0.15, -0.1) is 0 Å². The van der Waals surface area contributed by atoms with Crippen molar-refractivity contribution in [1.82, 2.24) is 40.6 Å². The summed E-state index contributed by atoms with van der Waals surface area (Å²) < 4.78 is 44.5. The van der Waals surface area contributed by atoms with E-state index in [1.54, 1.807) is 43.3 Å². The van der Waals surface area contributed by atoms with Crippen molar-refractivity contribution in [2.45, 2.75) is 57.5 Å². The number of nitrogens with zero attached hydrogens (tertiary/aromatic N) is 4. The summed E-state index contributed by atoms with van der Waals surface area (Å²) in [6, 6.07) is 11.7. The minimum absolute atomic E-state index is 0.00447. The van der Waals surface area contributed by atoms with Crippen molar-refractivity contribution in [3.05, 3.63) is 105 Å². The van der Waals surface area contributed by atoms with Gasteiger partial charge in [-0.3, -0.25) is 48.2 Å². The number of fused-ring (bicyclic) bond motifs is 5. The molecule has 2 atom stereocenters. The molecule has 0 aliphatic carbocycles. The second-order valence-electron chi connectivity index (χ2n) is 18.6. The molecule has 6 N–H and O–H groups in total. The van der Waals surface area contributed by atoms with Crippen LogP contribution in [0.25, 0.3) is 22.3 Å². The highest BCUT2D eigenvalue weighted by Crippen LogP contribution is 2.41. The Morgan fingerprint density at radius 2 is 1.47 bits per heavy atom. The number of aliphatic hydroxyl groups is 1. The van der Waals surface area contributed by atoms with Gasteiger partial charge in [-0.05, 0) is 29.7 Å². The standard InChI is InChI=1S/C53H60FN9O15/c1-2-53(73)37-24-42-49-35(30-63(42)51(71)36(37)31-78-52(53)72)34(29-61-11-15-75-16-12-61)33-23-40(38(54)25-39(33)60-49)58-46(67)28-57-50(70)41(22-32-6-4-3-5-7-32)59-45(66)27-56-44(65)26-55-43(64)10-14-74-18-20-77-21-19-76-17-13-62-47(68)8-9-48(62)69/h3-9,23-25,41,73H,2,10-22,26-31H2,1H3,(H,55,64)(H,56,65)(H,57,70)(H,58,67)(H,59,66)/t41-,53-/m0/s1. The molecular formula is C53H60FN9O15. The molecule has 25 heteroatoms. The van der Waals surface area contributed by atoms with Crippen LogP contribution in [0.2, 0.25) is 0 Å². The van der Waals surface area contributed by atoms with Gasteiger partial charge in [0.15, 0.2) is 5.60 Å². The molecule has 24 nitrogen and oxygen atoms in total. The molecule has 2 aromatic heterocycles. The summed E-state index contributed by atoms with van der Waals surface area (Å²) in [5.41, 5.74) is 0.591. The Hall–Kier alpha value is -7.81. The molecule has 7 amide bonds. The Morgan fingerprint density at radius 3 is 2.19 bits per heavy atom. The minimum atomic E-state index is -2.04. The van der Waals surface area contributed by atoms with Crippen LogP contribution in [0.3, 0.4) is 0 Å². The number of rotatable bonds is 26. The summed E-state index contributed by atoms with van der Waals surface area (Å²) in [5.74, 6) is -5.91. The highest BCUT2D eigenvalue weighted by molar-refractivity contribution is 6.12. The lowest BCUT2D eigenvalue weighted by Crippen LogP contribution is -2.52. The van der Waals surface area contributed by atoms with Crippen LogP contribution in [0, 0.1) is 5.82 Å². The van der Waals surface area contributed by atoms with Crippen LogP contribution in [-0.4, -0.2) is 170 Å². The maximum absolute atomic E-state index is 16.1. The number of halogens is 1. The van der Waals surface area contributed by atoms with E-state index in [4.69, 9.17) is 28.7 Å². The highest BCUT2D eigenvalue weighted by Gasteiger charge is 2.45. The number of morpholine rings is 1. The SMILES string of the molecule is CC[C@@]1(O)C(=O)OCc2c1cc1n(c2=O)Cc2c-1nc1cc(F)c(NC(=O)CNC(=O)[C@H](Cc3ccccc3)NC(=O)CNC(=O)CNC(=O)CCOCCOCCOCCN3C(=O)C=CC3=O)cc1c2CN1CCOCC1. The Bertz CT molecular complexity index is 3040. The number of nitrogens with one attached hydrogen (secondary N) is 5. The fraction of sp³-hybridized carbons (Fsp3) is 0.434. The van der Waals surface area contributed by atoms with Crippen LogP contribution in [0.4, 0.5) is 10.1 Å². The number of amides is 7. The summed E-state index contributed by atoms with van der Waals surface area (Å²) in [7, 11) is 0. The number of pyridine rings is 2. The molecule has 4 aliphatic heterocycles. The van der Waals surface area contributed by atoms with Gasteiger partial charge in [-0.25, -0.2) is 14.2 Å². The van der Waals surface area contributed by atoms with Crippen molar-refractivity contribution >= 4 is 63.9 Å². The van der Waals surface area contributed by atoms with E-state index in [0.717, 1.165) is 11.0 Å². The predicted octanol–water partition coefficient (Wildman–Crippen LogP) is -0.570. The van der Waals surface area contributed by atoms with Gasteiger partial charge in [-0.1, -0.05) is 37.3 Å². The van der Waals surface area contributed by atoms with Gasteiger partial charge in [0, 0.05) is 67.2 Å². The van der Waals surface area contributed by atoms with Gasteiger partial charge < -0.3 is 59.9 Å². The van der Waals surface area contributed by atoms with Crippen molar-refractivity contribution in [2.24, 2.45) is 0 Å². The van der Waals surface area contributed by atoms with Gasteiger partial charge in [0.05, 0.1) is 114 Å². The van der Waals surface area contributed by atoms with Crippen molar-refractivity contribution in [3.8, 4) is 11.4 Å². The molecule has 4 aliphatic rings. The maximum atomic E-state index is 16.1. The monoisotopic (exact) mass is 1080 g/mol. The van der Waals surface area contributed by atoms with Gasteiger partial charge in [0.25, 0.3) is 17.4 Å². The number of imide groups is 1. The average molecular weight is 1080 g/mol. The van der Waals surface area contributed by atoms with Crippen molar-refractivity contribution in [3.63, 3.8) is 0 Å². The molecule has 8 rings (SSSR count). The van der Waals surface area contributed by atoms with E-state index in [1.807, 2.05) is 0 Å². The summed E-state index contributed by atoms with van der Waals surface area (Å²) in [4.78, 5) is 123. The lowest BCUT2D eigenvalue weighted by molar-refractivity contribution is -0.172. The number of cyclic esters (lactones) is 1. The van der Waals surface area contributed by atoms with Gasteiger partial charge >= 0.3 is 5.97 Å². The summed E-state index contributed by atoms with van der Waals surface area (Å²) in [6.07, 6.45) is 2.31. The van der Waals surface area contributed by atoms with E-state index in [0.29, 0.717) is 66.3 Å². The molecule has 2 aromatic carbocycles. The van der Waals surface area contributed by atoms with E-state index in [1.165, 1.54) is 22.8 Å². The van der Waals surface area contributed by atoms with Crippen LogP contribution >= 0.6 is 0 Å². The fourth-order valence-electron chi connectivity index (χ4n) is 9.25. The molecule has 1 fully saturated rings. The van der Waals surface area contributed by atoms with E-state index in [-0.39, 0.29) is 113 Å². The van der Waals surface area contributed by atoms with E-state index in [2.05, 4.69) is 31.5 Å². The third-order valence-corrected chi connectivity index (χ3v) is 13.5. The highest BCUT2D eigenvalue weighted by atomic mass is 19.1. The first kappa shape index (κ1) is 56.4. The second kappa shape index (κ2) is 26.0. The van der Waals surface area contributed by atoms with E-state index < -0.39 is 78.2 Å². The first-order valence-corrected chi connectivity index (χ1v) is 25.5. The molecule has 6 heterocycles. The topological polar surface area (TPSA) is 304 Å². The lowest BCUT2D eigenvalue weighted by atomic mass is 9.86. The van der Waals surface area contributed by atoms with Gasteiger partial charge in [0.2, 0.25) is 29.5 Å². The zero-order valence-electron chi connectivity index (χ0n) is 42.8. The molecule has 1 saturated heterocycles. The zero-order chi connectivity index (χ0) is 55.3. The van der Waals surface area contributed by atoms with Crippen LogP contribution < -0.4 is 32.1 Å². The number of aromatic nitrogens is 2. The van der Waals surface area contributed by atoms with E-state index in [9.17, 15) is 48.3 Å². The molecule has 0 radical (unpaired) electrons. The van der Waals surface area contributed by atoms with Crippen LogP contribution in [0.15, 0.2) is 65.5 Å². The summed E-state index contributed by atoms with van der Waals surface area (Å²) in [6.45, 7) is 3.51. The number of ether oxygens (including phenoxy) is 5. The molecule has 0 saturated carbocycles. The van der Waals surface area contributed by atoms with E-state index >= 15 is 4.39 Å². The van der Waals surface area contributed by atoms with Gasteiger partial charge in [0.1, 0.15) is 18.5 Å². The third-order valence-electron chi connectivity index (χ3n) is 13.5. The predicted molar refractivity (Wildman–Crippen MR) is 273 cm³/mol. The van der Waals surface area contributed by atoms with Crippen LogP contribution in [0.5, 0.6) is 0 Å². The Balaban J connectivity index is 0.821. The number of carbonyl (C=O) groups is 8. The smallest absolute Gasteiger partial charge is 0.343 e. The number of hydrogen-bond donors (Lipinski definition) is 6. The molecule has 0 unspecified atom stereocenters. The summed E-state index contributed by atoms with van der Waals surface area (Å²) in [5, 5.41) is 24.3. The van der Waals surface area contributed by atoms with Gasteiger partial charge in [-0.2, -0.15) is 0 Å². The Morgan fingerprint density at radius 1 is 0.808 bits per heavy atom. The maximum Gasteiger partial charge on any atom is 0.343 e. The number of anilines is 1. The lowest BCUT2D eigenvalue weighted by Gasteiger charge is -2.31. The molecule has 0 bridgehead atoms. The fourth-order valence-corrected chi connectivity index (χ4v) is 9.25. The molecule has 414 valence electrons. The quantitative estimate of drug-likeness (QED) is 0.0230. The normalized spacial score (nSPS) is 17.0. The molecule has 78 heavy (non-hydrogen) atoms. The molecule has 0 spiro atoms. The Kier molecular flexibility index (Phi) is 18.8. The third kappa shape index (κ3) is 13.6.